The monoisotopic (exact) mass is 551 g/mol. The molecule has 0 aliphatic heterocycles. The maximum Gasteiger partial charge on any atom is 0.399 e. The number of halogens is 3. The summed E-state index contributed by atoms with van der Waals surface area (Å²) in [6.07, 6.45) is 3.85. The van der Waals surface area contributed by atoms with Crippen LogP contribution in [-0.2, 0) is 10.2 Å². The zero-order valence-corrected chi connectivity index (χ0v) is 22.1. The van der Waals surface area contributed by atoms with E-state index in [1.165, 1.54) is 12.4 Å². The van der Waals surface area contributed by atoms with Crippen LogP contribution in [0, 0.1) is 11.8 Å². The predicted octanol–water partition coefficient (Wildman–Crippen LogP) is 6.38. The van der Waals surface area contributed by atoms with Crippen molar-refractivity contribution < 1.29 is 32.6 Å². The highest BCUT2D eigenvalue weighted by molar-refractivity contribution is 7.14. The molecule has 0 radical (unpaired) electrons. The second kappa shape index (κ2) is 10.5. The Balaban J connectivity index is 1.44. The van der Waals surface area contributed by atoms with Crippen molar-refractivity contribution in [1.82, 2.24) is 9.97 Å². The van der Waals surface area contributed by atoms with Crippen LogP contribution in [-0.4, -0.2) is 45.3 Å². The van der Waals surface area contributed by atoms with Gasteiger partial charge in [-0.25, -0.2) is 14.8 Å². The van der Waals surface area contributed by atoms with Gasteiger partial charge < -0.3 is 14.7 Å². The Kier molecular flexibility index (Phi) is 7.41. The largest absolute Gasteiger partial charge is 0.477 e. The highest BCUT2D eigenvalue weighted by Crippen LogP contribution is 2.61. The lowest BCUT2D eigenvalue weighted by molar-refractivity contribution is -0.159. The minimum atomic E-state index is -4.46. The number of ether oxygens (including phenoxy) is 1. The van der Waals surface area contributed by atoms with Crippen LogP contribution in [0.2, 0.25) is 0 Å². The molecule has 2 aromatic rings. The molecule has 0 unspecified atom stereocenters. The van der Waals surface area contributed by atoms with Gasteiger partial charge in [0.2, 0.25) is 11.8 Å². The Morgan fingerprint density at radius 2 is 1.79 bits per heavy atom. The summed E-state index contributed by atoms with van der Waals surface area (Å²) in [6.45, 7) is 2.15. The summed E-state index contributed by atoms with van der Waals surface area (Å²) < 4.78 is 47.8. The molecule has 3 aliphatic carbocycles. The second-order valence-corrected chi connectivity index (χ2v) is 12.0. The number of alkyl halides is 3. The first kappa shape index (κ1) is 26.9. The average Bonchev–Trinajstić information content (AvgIpc) is 3.60. The molecule has 0 bridgehead atoms. The minimum Gasteiger partial charge on any atom is -0.477 e. The van der Waals surface area contributed by atoms with Crippen LogP contribution in [0.5, 0.6) is 5.88 Å². The summed E-state index contributed by atoms with van der Waals surface area (Å²) in [5, 5.41) is 10.0. The van der Waals surface area contributed by atoms with Crippen molar-refractivity contribution in [3.05, 3.63) is 34.4 Å². The van der Waals surface area contributed by atoms with E-state index < -0.39 is 17.6 Å². The lowest BCUT2D eigenvalue weighted by Crippen LogP contribution is -2.47. The summed E-state index contributed by atoms with van der Waals surface area (Å²) in [6, 6.07) is 2.71. The number of amides is 1. The number of hydrogen-bond donors (Lipinski definition) is 1. The minimum absolute atomic E-state index is 0.00625. The van der Waals surface area contributed by atoms with Gasteiger partial charge >= 0.3 is 12.1 Å². The normalized spacial score (nSPS) is 26.9. The number of rotatable bonds is 7. The Hall–Kier alpha value is -2.69. The van der Waals surface area contributed by atoms with Gasteiger partial charge in [0.1, 0.15) is 22.7 Å². The first-order chi connectivity index (χ1) is 18.1. The average molecular weight is 552 g/mol. The number of hydrogen-bond acceptors (Lipinski definition) is 6. The molecule has 5 rings (SSSR count). The van der Waals surface area contributed by atoms with Crippen LogP contribution in [0.15, 0.2) is 24.7 Å². The number of carbonyl (C=O) groups is 2. The number of anilines is 1. The number of thiophene rings is 1. The van der Waals surface area contributed by atoms with E-state index in [0.29, 0.717) is 61.7 Å². The van der Waals surface area contributed by atoms with Crippen LogP contribution in [0.3, 0.4) is 0 Å². The fourth-order valence-corrected chi connectivity index (χ4v) is 7.14. The predicted molar refractivity (Wildman–Crippen MR) is 136 cm³/mol. The van der Waals surface area contributed by atoms with E-state index in [9.17, 15) is 27.9 Å². The molecular weight excluding hydrogens is 519 g/mol. The summed E-state index contributed by atoms with van der Waals surface area (Å²) >= 11 is 0.671. The van der Waals surface area contributed by atoms with E-state index in [1.54, 1.807) is 17.2 Å². The topological polar surface area (TPSA) is 92.6 Å². The van der Waals surface area contributed by atoms with Gasteiger partial charge in [0.25, 0.3) is 0 Å². The van der Waals surface area contributed by atoms with Gasteiger partial charge in [0.15, 0.2) is 0 Å². The SMILES string of the molecule is C[C@H]1CC[C@H](C(=O)N(c2cc(C3(C(F)(F)F)CC3)sc2C(=O)O)[C@H]2CC[C@H](Oc3ccncn3)CC2)CC1. The van der Waals surface area contributed by atoms with Crippen molar-refractivity contribution in [1.29, 1.82) is 0 Å². The van der Waals surface area contributed by atoms with Crippen molar-refractivity contribution in [3.63, 3.8) is 0 Å². The first-order valence-electron chi connectivity index (χ1n) is 13.3. The molecule has 1 N–H and O–H groups in total. The van der Waals surface area contributed by atoms with Crippen LogP contribution in [0.4, 0.5) is 18.9 Å². The summed E-state index contributed by atoms with van der Waals surface area (Å²) in [7, 11) is 0. The van der Waals surface area contributed by atoms with Gasteiger partial charge in [-0.2, -0.15) is 13.2 Å². The lowest BCUT2D eigenvalue weighted by atomic mass is 9.81. The van der Waals surface area contributed by atoms with Crippen LogP contribution in [0.25, 0.3) is 0 Å². The molecule has 0 aromatic carbocycles. The van der Waals surface area contributed by atoms with Gasteiger partial charge in [-0.05, 0) is 76.2 Å². The molecule has 7 nitrogen and oxygen atoms in total. The van der Waals surface area contributed by atoms with Crippen molar-refractivity contribution in [2.24, 2.45) is 11.8 Å². The molecule has 38 heavy (non-hydrogen) atoms. The van der Waals surface area contributed by atoms with Gasteiger partial charge in [0, 0.05) is 29.1 Å². The highest BCUT2D eigenvalue weighted by Gasteiger charge is 2.65. The van der Waals surface area contributed by atoms with Gasteiger partial charge in [-0.3, -0.25) is 4.79 Å². The number of aromatic carboxylic acids is 1. The molecule has 11 heteroatoms. The molecular formula is C27H32F3N3O4S. The maximum absolute atomic E-state index is 14.0. The maximum atomic E-state index is 14.0. The number of carboxylic acid groups (broad SMARTS) is 1. The van der Waals surface area contributed by atoms with E-state index in [0.717, 1.165) is 12.8 Å². The fourth-order valence-electron chi connectivity index (χ4n) is 5.88. The molecule has 3 fully saturated rings. The molecule has 1 amide bonds. The van der Waals surface area contributed by atoms with Crippen molar-refractivity contribution in [3.8, 4) is 5.88 Å². The Bertz CT molecular complexity index is 1150. The Labute approximate surface area is 223 Å². The molecule has 2 aromatic heterocycles. The lowest BCUT2D eigenvalue weighted by Gasteiger charge is -2.39. The summed E-state index contributed by atoms with van der Waals surface area (Å²) in [5.41, 5.74) is -1.88. The summed E-state index contributed by atoms with van der Waals surface area (Å²) in [5.74, 6) is -0.745. The molecule has 3 saturated carbocycles. The number of carbonyl (C=O) groups excluding carboxylic acids is 1. The standard InChI is InChI=1S/C27H32F3N3O4S/c1-16-2-4-17(5-3-16)24(34)33(18-6-8-19(9-7-18)37-22-10-13-31-15-32-22)20-14-21(38-23(20)25(35)36)26(11-12-26)27(28,29)30/h10,13-19H,2-9,11-12H2,1H3,(H,35,36)/t16-,17-,18-,19-. The third-order valence-electron chi connectivity index (χ3n) is 8.38. The Morgan fingerprint density at radius 3 is 2.34 bits per heavy atom. The molecule has 0 spiro atoms. The highest BCUT2D eigenvalue weighted by atomic mass is 32.1. The van der Waals surface area contributed by atoms with Crippen LogP contribution in [0.1, 0.15) is 85.7 Å². The third kappa shape index (κ3) is 5.26. The van der Waals surface area contributed by atoms with E-state index in [4.69, 9.17) is 4.74 Å². The third-order valence-corrected chi connectivity index (χ3v) is 9.70. The first-order valence-corrected chi connectivity index (χ1v) is 14.1. The number of nitrogens with zero attached hydrogens (tertiary/aromatic N) is 3. The number of carboxylic acids is 1. The Morgan fingerprint density at radius 1 is 1.11 bits per heavy atom. The van der Waals surface area contributed by atoms with E-state index >= 15 is 0 Å². The van der Waals surface area contributed by atoms with Crippen molar-refractivity contribution >= 4 is 28.9 Å². The molecule has 0 saturated heterocycles. The van der Waals surface area contributed by atoms with Crippen LogP contribution < -0.4 is 9.64 Å². The second-order valence-electron chi connectivity index (χ2n) is 11.0. The zero-order chi connectivity index (χ0) is 27.1. The van der Waals surface area contributed by atoms with Gasteiger partial charge in [-0.15, -0.1) is 11.3 Å². The van der Waals surface area contributed by atoms with Crippen LogP contribution >= 0.6 is 11.3 Å². The van der Waals surface area contributed by atoms with E-state index in [2.05, 4.69) is 16.9 Å². The van der Waals surface area contributed by atoms with Gasteiger partial charge in [-0.1, -0.05) is 6.92 Å². The smallest absolute Gasteiger partial charge is 0.399 e. The van der Waals surface area contributed by atoms with Gasteiger partial charge in [0.05, 0.1) is 5.69 Å². The molecule has 206 valence electrons. The fraction of sp³-hybridized carbons (Fsp3) is 0.630. The summed E-state index contributed by atoms with van der Waals surface area (Å²) in [4.78, 5) is 35.6. The number of aromatic nitrogens is 2. The molecule has 2 heterocycles. The van der Waals surface area contributed by atoms with Crippen molar-refractivity contribution in [2.75, 3.05) is 4.90 Å². The molecule has 0 atom stereocenters. The zero-order valence-electron chi connectivity index (χ0n) is 21.2. The van der Waals surface area contributed by atoms with Crippen molar-refractivity contribution in [2.45, 2.75) is 94.9 Å². The van der Waals surface area contributed by atoms with E-state index in [1.807, 2.05) is 0 Å². The molecule has 3 aliphatic rings. The van der Waals surface area contributed by atoms with E-state index in [-0.39, 0.29) is 52.3 Å². The quantitative estimate of drug-likeness (QED) is 0.429.